The quantitative estimate of drug-likeness (QED) is 0.897. The molecule has 2 rings (SSSR count). The van der Waals surface area contributed by atoms with Crippen LogP contribution in [0.1, 0.15) is 31.2 Å². The van der Waals surface area contributed by atoms with Gasteiger partial charge in [-0.15, -0.1) is 0 Å². The first-order valence-corrected chi connectivity index (χ1v) is 5.94. The summed E-state index contributed by atoms with van der Waals surface area (Å²) in [6.45, 7) is 4.68. The molecule has 0 spiro atoms. The zero-order chi connectivity index (χ0) is 13.0. The molecule has 4 heteroatoms. The molecule has 0 atom stereocenters. The van der Waals surface area contributed by atoms with Crippen LogP contribution in [0.25, 0.3) is 0 Å². The van der Waals surface area contributed by atoms with Crippen molar-refractivity contribution in [3.05, 3.63) is 48.0 Å². The first-order valence-electron chi connectivity index (χ1n) is 5.94. The van der Waals surface area contributed by atoms with Crippen molar-refractivity contribution < 1.29 is 4.74 Å². The summed E-state index contributed by atoms with van der Waals surface area (Å²) >= 11 is 0. The molecule has 2 aromatic rings. The Morgan fingerprint density at radius 3 is 2.28 bits per heavy atom. The van der Waals surface area contributed by atoms with Crippen LogP contribution < -0.4 is 10.5 Å². The van der Waals surface area contributed by atoms with Crippen molar-refractivity contribution >= 4 is 5.69 Å². The smallest absolute Gasteiger partial charge is 0.166 e. The molecule has 1 heterocycles. The first kappa shape index (κ1) is 12.4. The van der Waals surface area contributed by atoms with E-state index in [0.29, 0.717) is 24.0 Å². The lowest BCUT2D eigenvalue weighted by molar-refractivity contribution is 0.295. The molecule has 1 aromatic carbocycles. The van der Waals surface area contributed by atoms with Gasteiger partial charge in [-0.3, -0.25) is 0 Å². The van der Waals surface area contributed by atoms with Gasteiger partial charge in [0.2, 0.25) is 0 Å². The minimum atomic E-state index is 0.349. The highest BCUT2D eigenvalue weighted by Gasteiger charge is 2.01. The Kier molecular flexibility index (Phi) is 3.77. The van der Waals surface area contributed by atoms with Gasteiger partial charge in [0.25, 0.3) is 0 Å². The summed E-state index contributed by atoms with van der Waals surface area (Å²) in [6, 6.07) is 8.08. The topological polar surface area (TPSA) is 61.0 Å². The number of aromatic nitrogens is 2. The largest absolute Gasteiger partial charge is 0.486 e. The Morgan fingerprint density at radius 2 is 1.72 bits per heavy atom. The Bertz CT molecular complexity index is 491. The van der Waals surface area contributed by atoms with Gasteiger partial charge in [0, 0.05) is 0 Å². The Morgan fingerprint density at radius 1 is 1.11 bits per heavy atom. The molecule has 0 saturated carbocycles. The predicted molar refractivity (Wildman–Crippen MR) is 71.3 cm³/mol. The third-order valence-electron chi connectivity index (χ3n) is 2.64. The van der Waals surface area contributed by atoms with Gasteiger partial charge in [0.1, 0.15) is 12.4 Å². The fourth-order valence-electron chi connectivity index (χ4n) is 1.54. The lowest BCUT2D eigenvalue weighted by Gasteiger charge is -2.08. The molecular formula is C14H17N3O. The average molecular weight is 243 g/mol. The Labute approximate surface area is 107 Å². The van der Waals surface area contributed by atoms with E-state index in [9.17, 15) is 0 Å². The number of nitrogen functional groups attached to an aromatic ring is 1. The maximum atomic E-state index is 5.60. The third kappa shape index (κ3) is 3.20. The second-order valence-electron chi connectivity index (χ2n) is 4.45. The zero-order valence-corrected chi connectivity index (χ0v) is 10.6. The van der Waals surface area contributed by atoms with Crippen molar-refractivity contribution in [1.29, 1.82) is 0 Å². The van der Waals surface area contributed by atoms with Gasteiger partial charge < -0.3 is 10.5 Å². The van der Waals surface area contributed by atoms with Crippen LogP contribution in [0.3, 0.4) is 0 Å². The van der Waals surface area contributed by atoms with Crippen LogP contribution >= 0.6 is 0 Å². The molecule has 0 amide bonds. The Balaban J connectivity index is 1.95. The lowest BCUT2D eigenvalue weighted by Crippen LogP contribution is -2.02. The molecule has 0 fully saturated rings. The van der Waals surface area contributed by atoms with E-state index in [2.05, 4.69) is 35.9 Å². The second kappa shape index (κ2) is 5.49. The van der Waals surface area contributed by atoms with Gasteiger partial charge in [-0.25, -0.2) is 9.97 Å². The lowest BCUT2D eigenvalue weighted by atomic mass is 10.0. The van der Waals surface area contributed by atoms with E-state index in [1.165, 1.54) is 5.56 Å². The fraction of sp³-hybridized carbons (Fsp3) is 0.286. The van der Waals surface area contributed by atoms with E-state index in [-0.39, 0.29) is 0 Å². The number of benzene rings is 1. The third-order valence-corrected chi connectivity index (χ3v) is 2.64. The number of anilines is 1. The minimum Gasteiger partial charge on any atom is -0.486 e. The molecule has 18 heavy (non-hydrogen) atoms. The van der Waals surface area contributed by atoms with Crippen molar-refractivity contribution in [2.75, 3.05) is 5.73 Å². The first-order chi connectivity index (χ1) is 8.65. The highest BCUT2D eigenvalue weighted by atomic mass is 16.5. The van der Waals surface area contributed by atoms with Gasteiger partial charge in [-0.05, 0) is 23.6 Å². The van der Waals surface area contributed by atoms with E-state index in [1.807, 2.05) is 12.1 Å². The summed E-state index contributed by atoms with van der Waals surface area (Å²) in [7, 11) is 0. The van der Waals surface area contributed by atoms with Crippen LogP contribution in [0.5, 0.6) is 5.75 Å². The molecule has 2 N–H and O–H groups in total. The summed E-state index contributed by atoms with van der Waals surface area (Å²) in [4.78, 5) is 8.16. The van der Waals surface area contributed by atoms with E-state index >= 15 is 0 Å². The molecule has 0 saturated heterocycles. The Hall–Kier alpha value is -2.10. The number of rotatable bonds is 4. The van der Waals surface area contributed by atoms with Crippen LogP contribution in [0.2, 0.25) is 0 Å². The molecule has 0 unspecified atom stereocenters. The normalized spacial score (nSPS) is 10.6. The van der Waals surface area contributed by atoms with Gasteiger partial charge in [-0.1, -0.05) is 26.0 Å². The van der Waals surface area contributed by atoms with E-state index in [1.54, 1.807) is 12.4 Å². The minimum absolute atomic E-state index is 0.349. The standard InChI is InChI=1S/C14H17N3O/c1-10(2)11-3-5-13(6-4-11)18-9-14-16-7-12(15)8-17-14/h3-8,10H,9,15H2,1-2H3. The second-order valence-corrected chi connectivity index (χ2v) is 4.45. The van der Waals surface area contributed by atoms with Crippen molar-refractivity contribution in [1.82, 2.24) is 9.97 Å². The molecule has 94 valence electrons. The molecule has 0 aliphatic heterocycles. The van der Waals surface area contributed by atoms with Crippen LogP contribution in [-0.4, -0.2) is 9.97 Å². The van der Waals surface area contributed by atoms with Gasteiger partial charge in [0.15, 0.2) is 5.82 Å². The van der Waals surface area contributed by atoms with Gasteiger partial charge in [-0.2, -0.15) is 0 Å². The molecular weight excluding hydrogens is 226 g/mol. The van der Waals surface area contributed by atoms with Crippen molar-refractivity contribution in [3.63, 3.8) is 0 Å². The molecule has 0 radical (unpaired) electrons. The number of nitrogens with two attached hydrogens (primary N) is 1. The monoisotopic (exact) mass is 243 g/mol. The number of hydrogen-bond acceptors (Lipinski definition) is 4. The molecule has 0 aliphatic carbocycles. The number of ether oxygens (including phenoxy) is 1. The maximum Gasteiger partial charge on any atom is 0.166 e. The molecule has 0 bridgehead atoms. The average Bonchev–Trinajstić information content (AvgIpc) is 2.38. The number of hydrogen-bond donors (Lipinski definition) is 1. The highest BCUT2D eigenvalue weighted by Crippen LogP contribution is 2.19. The zero-order valence-electron chi connectivity index (χ0n) is 10.6. The SMILES string of the molecule is CC(C)c1ccc(OCc2ncc(N)cn2)cc1. The van der Waals surface area contributed by atoms with Crippen molar-refractivity contribution in [2.24, 2.45) is 0 Å². The van der Waals surface area contributed by atoms with Crippen LogP contribution in [0.4, 0.5) is 5.69 Å². The van der Waals surface area contributed by atoms with Crippen molar-refractivity contribution in [3.8, 4) is 5.75 Å². The van der Waals surface area contributed by atoms with Gasteiger partial charge >= 0.3 is 0 Å². The summed E-state index contributed by atoms with van der Waals surface area (Å²) < 4.78 is 5.60. The molecule has 0 aliphatic rings. The van der Waals surface area contributed by atoms with Gasteiger partial charge in [0.05, 0.1) is 18.1 Å². The summed E-state index contributed by atoms with van der Waals surface area (Å²) in [5.74, 6) is 1.97. The van der Waals surface area contributed by atoms with Crippen LogP contribution in [-0.2, 0) is 6.61 Å². The van der Waals surface area contributed by atoms with E-state index < -0.39 is 0 Å². The highest BCUT2D eigenvalue weighted by molar-refractivity contribution is 5.30. The van der Waals surface area contributed by atoms with Crippen LogP contribution in [0.15, 0.2) is 36.7 Å². The summed E-state index contributed by atoms with van der Waals surface area (Å²) in [5, 5.41) is 0. The summed E-state index contributed by atoms with van der Waals surface area (Å²) in [6.07, 6.45) is 3.15. The van der Waals surface area contributed by atoms with E-state index in [4.69, 9.17) is 10.5 Å². The summed E-state index contributed by atoms with van der Waals surface area (Å²) in [5.41, 5.74) is 7.37. The van der Waals surface area contributed by atoms with Crippen LogP contribution in [0, 0.1) is 0 Å². The molecule has 4 nitrogen and oxygen atoms in total. The predicted octanol–water partition coefficient (Wildman–Crippen LogP) is 2.76. The van der Waals surface area contributed by atoms with E-state index in [0.717, 1.165) is 5.75 Å². The van der Waals surface area contributed by atoms with Crippen molar-refractivity contribution in [2.45, 2.75) is 26.4 Å². The molecule has 1 aromatic heterocycles. The maximum absolute atomic E-state index is 5.60. The fourth-order valence-corrected chi connectivity index (χ4v) is 1.54. The number of nitrogens with zero attached hydrogens (tertiary/aromatic N) is 2.